The van der Waals surface area contributed by atoms with Crippen molar-refractivity contribution in [2.24, 2.45) is 0 Å². The van der Waals surface area contributed by atoms with Crippen molar-refractivity contribution in [3.63, 3.8) is 0 Å². The van der Waals surface area contributed by atoms with E-state index in [0.29, 0.717) is 42.5 Å². The normalized spacial score (nSPS) is 14.8. The van der Waals surface area contributed by atoms with Crippen molar-refractivity contribution < 1.29 is 31.1 Å². The number of nitrogens with zero attached hydrogens (tertiary/aromatic N) is 2. The van der Waals surface area contributed by atoms with Crippen molar-refractivity contribution >= 4 is 33.2 Å². The van der Waals surface area contributed by atoms with Gasteiger partial charge in [0.1, 0.15) is 17.5 Å². The minimum Gasteiger partial charge on any atom is -0.378 e. The zero-order chi connectivity index (χ0) is 27.4. The lowest BCUT2D eigenvalue weighted by Crippen LogP contribution is -2.40. The molecular formula is C27H26ClF3N2O4S. The summed E-state index contributed by atoms with van der Waals surface area (Å²) in [6, 6.07) is 10.5. The molecule has 0 bridgehead atoms. The van der Waals surface area contributed by atoms with Crippen molar-refractivity contribution in [1.29, 1.82) is 0 Å². The molecule has 1 fully saturated rings. The fourth-order valence-electron chi connectivity index (χ4n) is 4.46. The largest absolute Gasteiger partial charge is 0.378 e. The van der Waals surface area contributed by atoms with E-state index in [1.807, 2.05) is 0 Å². The Morgan fingerprint density at radius 3 is 2.32 bits per heavy atom. The minimum atomic E-state index is -4.45. The number of ether oxygens (including phenoxy) is 1. The number of halogens is 4. The molecule has 1 aliphatic rings. The van der Waals surface area contributed by atoms with E-state index >= 15 is 4.39 Å². The molecule has 0 N–H and O–H groups in total. The number of amides is 1. The van der Waals surface area contributed by atoms with Gasteiger partial charge in [-0.1, -0.05) is 17.7 Å². The van der Waals surface area contributed by atoms with Crippen LogP contribution in [-0.2, 0) is 26.0 Å². The third-order valence-corrected chi connectivity index (χ3v) is 8.55. The predicted molar refractivity (Wildman–Crippen MR) is 138 cm³/mol. The van der Waals surface area contributed by atoms with Crippen LogP contribution in [0.1, 0.15) is 30.5 Å². The molecule has 4 rings (SSSR count). The van der Waals surface area contributed by atoms with E-state index in [0.717, 1.165) is 28.6 Å². The molecule has 0 radical (unpaired) electrons. The number of rotatable bonds is 8. The molecule has 0 unspecified atom stereocenters. The summed E-state index contributed by atoms with van der Waals surface area (Å²) < 4.78 is 77.2. The number of benzene rings is 3. The van der Waals surface area contributed by atoms with Gasteiger partial charge in [0.15, 0.2) is 0 Å². The van der Waals surface area contributed by atoms with Crippen LogP contribution in [0.5, 0.6) is 0 Å². The Morgan fingerprint density at radius 1 is 1.00 bits per heavy atom. The second-order valence-corrected chi connectivity index (χ2v) is 11.1. The maximum absolute atomic E-state index is 15.0. The first-order chi connectivity index (χ1) is 18.1. The molecule has 0 spiro atoms. The van der Waals surface area contributed by atoms with E-state index in [1.54, 1.807) is 4.90 Å². The van der Waals surface area contributed by atoms with Crippen molar-refractivity contribution in [3.05, 3.63) is 94.3 Å². The van der Waals surface area contributed by atoms with Crippen molar-refractivity contribution in [1.82, 2.24) is 4.90 Å². The van der Waals surface area contributed by atoms with Gasteiger partial charge >= 0.3 is 0 Å². The Balaban J connectivity index is 1.75. The summed E-state index contributed by atoms with van der Waals surface area (Å²) in [5, 5.41) is 0.297. The quantitative estimate of drug-likeness (QED) is 0.361. The van der Waals surface area contributed by atoms with E-state index in [-0.39, 0.29) is 23.6 Å². The average Bonchev–Trinajstić information content (AvgIpc) is 2.90. The maximum Gasteiger partial charge on any atom is 0.264 e. The highest BCUT2D eigenvalue weighted by Crippen LogP contribution is 2.37. The number of hydrogen-bond acceptors (Lipinski definition) is 4. The minimum absolute atomic E-state index is 0.0570. The molecule has 1 heterocycles. The van der Waals surface area contributed by atoms with Gasteiger partial charge < -0.3 is 9.64 Å². The molecule has 0 saturated carbocycles. The first kappa shape index (κ1) is 27.9. The monoisotopic (exact) mass is 566 g/mol. The van der Waals surface area contributed by atoms with Crippen LogP contribution in [0.2, 0.25) is 5.02 Å². The number of morpholine rings is 1. The molecule has 38 heavy (non-hydrogen) atoms. The van der Waals surface area contributed by atoms with E-state index in [4.69, 9.17) is 16.3 Å². The van der Waals surface area contributed by atoms with Gasteiger partial charge in [-0.05, 0) is 73.0 Å². The van der Waals surface area contributed by atoms with Gasteiger partial charge in [-0.2, -0.15) is 0 Å². The summed E-state index contributed by atoms with van der Waals surface area (Å²) in [5.41, 5.74) is 0.224. The van der Waals surface area contributed by atoms with Crippen LogP contribution >= 0.6 is 11.6 Å². The van der Waals surface area contributed by atoms with Crippen molar-refractivity contribution in [3.8, 4) is 0 Å². The zero-order valence-electron chi connectivity index (χ0n) is 20.5. The van der Waals surface area contributed by atoms with Crippen LogP contribution in [0.25, 0.3) is 0 Å². The molecule has 3 aromatic carbocycles. The Labute approximate surface area is 224 Å². The van der Waals surface area contributed by atoms with Crippen LogP contribution in [0.3, 0.4) is 0 Å². The molecule has 1 amide bonds. The standard InChI is InChI=1S/C27H26ClF3N2O4S/c1-18(24-9-5-21(29)16-19(24)2-11-27(34)32-12-14-37-15-13-32)33(26-17-22(30)6-10-25(26)31)38(35,36)23-7-3-20(28)4-8-23/h3-10,16-18H,2,11-15H2,1H3/t18-/m1/s1. The summed E-state index contributed by atoms with van der Waals surface area (Å²) in [4.78, 5) is 14.2. The number of anilines is 1. The highest BCUT2D eigenvalue weighted by Gasteiger charge is 2.34. The summed E-state index contributed by atoms with van der Waals surface area (Å²) in [7, 11) is -4.45. The average molecular weight is 567 g/mol. The molecule has 202 valence electrons. The number of hydrogen-bond donors (Lipinski definition) is 0. The summed E-state index contributed by atoms with van der Waals surface area (Å²) in [5.74, 6) is -2.50. The SMILES string of the molecule is C[C@H](c1ccc(F)cc1CCC(=O)N1CCOCC1)N(c1cc(F)ccc1F)S(=O)(=O)c1ccc(Cl)cc1. The van der Waals surface area contributed by atoms with Gasteiger partial charge in [-0.15, -0.1) is 0 Å². The Bertz CT molecular complexity index is 1410. The first-order valence-electron chi connectivity index (χ1n) is 12.0. The van der Waals surface area contributed by atoms with Gasteiger partial charge in [0.25, 0.3) is 10.0 Å². The van der Waals surface area contributed by atoms with Crippen LogP contribution in [0, 0.1) is 17.5 Å². The zero-order valence-corrected chi connectivity index (χ0v) is 22.1. The Kier molecular flexibility index (Phi) is 8.64. The Morgan fingerprint density at radius 2 is 1.63 bits per heavy atom. The number of sulfonamides is 1. The second-order valence-electron chi connectivity index (χ2n) is 8.86. The lowest BCUT2D eigenvalue weighted by Gasteiger charge is -2.32. The molecule has 0 aromatic heterocycles. The number of carbonyl (C=O) groups is 1. The fraction of sp³-hybridized carbons (Fsp3) is 0.296. The molecule has 3 aromatic rings. The molecule has 11 heteroatoms. The van der Waals surface area contributed by atoms with Crippen molar-refractivity contribution in [2.75, 3.05) is 30.6 Å². The van der Waals surface area contributed by atoms with Crippen LogP contribution in [0.4, 0.5) is 18.9 Å². The molecule has 0 aliphatic carbocycles. The van der Waals surface area contributed by atoms with Crippen molar-refractivity contribution in [2.45, 2.75) is 30.7 Å². The number of aryl methyl sites for hydroxylation is 1. The van der Waals surface area contributed by atoms with Gasteiger partial charge in [0, 0.05) is 30.6 Å². The molecule has 1 atom stereocenters. The highest BCUT2D eigenvalue weighted by molar-refractivity contribution is 7.92. The third-order valence-electron chi connectivity index (χ3n) is 6.39. The first-order valence-corrected chi connectivity index (χ1v) is 13.8. The lowest BCUT2D eigenvalue weighted by molar-refractivity contribution is -0.135. The molecule has 1 aliphatic heterocycles. The summed E-state index contributed by atoms with van der Waals surface area (Å²) >= 11 is 5.92. The van der Waals surface area contributed by atoms with Gasteiger partial charge in [0.2, 0.25) is 5.91 Å². The van der Waals surface area contributed by atoms with E-state index in [9.17, 15) is 22.0 Å². The van der Waals surface area contributed by atoms with Gasteiger partial charge in [-0.25, -0.2) is 21.6 Å². The maximum atomic E-state index is 15.0. The second kappa shape index (κ2) is 11.8. The van der Waals surface area contributed by atoms with E-state index in [1.165, 1.54) is 43.3 Å². The smallest absolute Gasteiger partial charge is 0.264 e. The molecule has 6 nitrogen and oxygen atoms in total. The highest BCUT2D eigenvalue weighted by atomic mass is 35.5. The molecule has 1 saturated heterocycles. The van der Waals surface area contributed by atoms with Gasteiger partial charge in [-0.3, -0.25) is 9.10 Å². The van der Waals surface area contributed by atoms with Crippen LogP contribution < -0.4 is 4.31 Å². The van der Waals surface area contributed by atoms with E-state index in [2.05, 4.69) is 0 Å². The van der Waals surface area contributed by atoms with Gasteiger partial charge in [0.05, 0.1) is 29.8 Å². The lowest BCUT2D eigenvalue weighted by atomic mass is 9.97. The predicted octanol–water partition coefficient (Wildman–Crippen LogP) is 5.51. The fourth-order valence-corrected chi connectivity index (χ4v) is 6.22. The summed E-state index contributed by atoms with van der Waals surface area (Å²) in [6.45, 7) is 3.28. The number of carbonyl (C=O) groups excluding carboxylic acids is 1. The topological polar surface area (TPSA) is 66.9 Å². The van der Waals surface area contributed by atoms with Crippen LogP contribution in [-0.4, -0.2) is 45.5 Å². The molecular weight excluding hydrogens is 541 g/mol. The Hall–Kier alpha value is -3.08. The third kappa shape index (κ3) is 6.14. The van der Waals surface area contributed by atoms with Crippen LogP contribution in [0.15, 0.2) is 65.6 Å². The van der Waals surface area contributed by atoms with E-state index < -0.39 is 39.2 Å². The summed E-state index contributed by atoms with van der Waals surface area (Å²) in [6.07, 6.45) is 0.176.